The lowest BCUT2D eigenvalue weighted by Gasteiger charge is -2.31. The number of likely N-dealkylation sites (N-methyl/N-ethyl adjacent to an activating group) is 1. The first-order chi connectivity index (χ1) is 17.8. The van der Waals surface area contributed by atoms with Crippen LogP contribution in [-0.2, 0) is 27.1 Å². The van der Waals surface area contributed by atoms with Crippen molar-refractivity contribution in [1.82, 2.24) is 9.80 Å². The average Bonchev–Trinajstić information content (AvgIpc) is 3.44. The Labute approximate surface area is 231 Å². The van der Waals surface area contributed by atoms with Crippen LogP contribution in [0.2, 0.25) is 0 Å². The molecule has 0 spiro atoms. The molecule has 2 aromatic carbocycles. The zero-order valence-electron chi connectivity index (χ0n) is 23.8. The molecule has 2 aliphatic rings. The maximum atomic E-state index is 12.9. The normalized spacial score (nSPS) is 17.7. The summed E-state index contributed by atoms with van der Waals surface area (Å²) in [5.74, 6) is 2.52. The highest BCUT2D eigenvalue weighted by Gasteiger charge is 2.35. The SMILES string of the molecule is CN(CCCN1C(=O)CS[C@H]1c1cc(C(C)(C)C)c(O)c(C(C)(C)C)c1)CCOc1ccc2c(c1)OOC2. The van der Waals surface area contributed by atoms with Gasteiger partial charge in [-0.05, 0) is 71.8 Å². The van der Waals surface area contributed by atoms with Gasteiger partial charge >= 0.3 is 0 Å². The standard InChI is InChI=1S/C30H42N2O5S/c1-29(2,3)23-15-21(16-24(27(23)34)30(4,5)6)28-32(26(33)19-38-28)12-8-11-31(7)13-14-35-22-10-9-20-18-36-37-25(20)17-22/h9-10,15-17,28,34H,8,11-14,18-19H2,1-7H3/t28-/m0/s1. The van der Waals surface area contributed by atoms with Crippen molar-refractivity contribution in [3.63, 3.8) is 0 Å². The molecule has 2 heterocycles. The highest BCUT2D eigenvalue weighted by molar-refractivity contribution is 8.00. The van der Waals surface area contributed by atoms with Gasteiger partial charge in [-0.15, -0.1) is 11.8 Å². The van der Waals surface area contributed by atoms with Gasteiger partial charge in [0.2, 0.25) is 5.91 Å². The van der Waals surface area contributed by atoms with Crippen LogP contribution in [0.5, 0.6) is 17.2 Å². The Morgan fingerprint density at radius 2 is 1.76 bits per heavy atom. The van der Waals surface area contributed by atoms with Gasteiger partial charge in [0, 0.05) is 24.7 Å². The number of thioether (sulfide) groups is 1. The van der Waals surface area contributed by atoms with E-state index in [2.05, 4.69) is 65.6 Å². The molecule has 38 heavy (non-hydrogen) atoms. The third kappa shape index (κ3) is 6.58. The number of rotatable bonds is 9. The van der Waals surface area contributed by atoms with Crippen LogP contribution >= 0.6 is 11.8 Å². The number of carbonyl (C=O) groups is 1. The molecule has 0 saturated carbocycles. The largest absolute Gasteiger partial charge is 0.507 e. The fourth-order valence-electron chi connectivity index (χ4n) is 4.83. The molecule has 1 fully saturated rings. The van der Waals surface area contributed by atoms with E-state index in [-0.39, 0.29) is 22.1 Å². The summed E-state index contributed by atoms with van der Waals surface area (Å²) >= 11 is 1.68. The molecule has 7 nitrogen and oxygen atoms in total. The van der Waals surface area contributed by atoms with Crippen molar-refractivity contribution in [3.8, 4) is 17.2 Å². The predicted molar refractivity (Wildman–Crippen MR) is 152 cm³/mol. The van der Waals surface area contributed by atoms with Gasteiger partial charge in [0.1, 0.15) is 30.1 Å². The first-order valence-electron chi connectivity index (χ1n) is 13.4. The number of ether oxygens (including phenoxy) is 1. The molecular formula is C30H42N2O5S. The third-order valence-electron chi connectivity index (χ3n) is 7.08. The second kappa shape index (κ2) is 11.4. The minimum Gasteiger partial charge on any atom is -0.507 e. The van der Waals surface area contributed by atoms with Crippen LogP contribution < -0.4 is 9.62 Å². The Morgan fingerprint density at radius 1 is 1.08 bits per heavy atom. The van der Waals surface area contributed by atoms with Crippen LogP contribution in [-0.4, -0.2) is 59.9 Å². The lowest BCUT2D eigenvalue weighted by Crippen LogP contribution is -2.33. The van der Waals surface area contributed by atoms with Gasteiger partial charge in [-0.2, -0.15) is 4.89 Å². The Hall–Kier alpha value is -2.42. The Balaban J connectivity index is 1.35. The monoisotopic (exact) mass is 542 g/mol. The quantitative estimate of drug-likeness (QED) is 0.403. The number of fused-ring (bicyclic) bond motifs is 1. The zero-order valence-corrected chi connectivity index (χ0v) is 24.6. The lowest BCUT2D eigenvalue weighted by molar-refractivity contribution is -0.194. The lowest BCUT2D eigenvalue weighted by atomic mass is 9.78. The number of carbonyl (C=O) groups excluding carboxylic acids is 1. The van der Waals surface area contributed by atoms with E-state index < -0.39 is 0 Å². The smallest absolute Gasteiger partial charge is 0.233 e. The maximum Gasteiger partial charge on any atom is 0.233 e. The first-order valence-corrected chi connectivity index (χ1v) is 14.4. The fourth-order valence-corrected chi connectivity index (χ4v) is 6.03. The molecule has 1 N–H and O–H groups in total. The summed E-state index contributed by atoms with van der Waals surface area (Å²) in [4.78, 5) is 27.2. The van der Waals surface area contributed by atoms with Crippen molar-refractivity contribution in [2.24, 2.45) is 0 Å². The highest BCUT2D eigenvalue weighted by Crippen LogP contribution is 2.45. The van der Waals surface area contributed by atoms with E-state index in [1.165, 1.54) is 0 Å². The summed E-state index contributed by atoms with van der Waals surface area (Å²) in [6.07, 6.45) is 0.875. The number of phenols is 1. The second-order valence-corrected chi connectivity index (χ2v) is 13.4. The van der Waals surface area contributed by atoms with Crippen LogP contribution in [0, 0.1) is 0 Å². The zero-order chi connectivity index (χ0) is 27.7. The summed E-state index contributed by atoms with van der Waals surface area (Å²) in [5, 5.41) is 11.1. The van der Waals surface area contributed by atoms with Gasteiger partial charge in [-0.1, -0.05) is 41.5 Å². The van der Waals surface area contributed by atoms with Crippen molar-refractivity contribution in [2.75, 3.05) is 39.0 Å². The Kier molecular flexibility index (Phi) is 8.55. The Bertz CT molecular complexity index is 1120. The number of amides is 1. The highest BCUT2D eigenvalue weighted by atomic mass is 32.2. The summed E-state index contributed by atoms with van der Waals surface area (Å²) in [6.45, 7) is 16.1. The number of hydrogen-bond donors (Lipinski definition) is 1. The van der Waals surface area contributed by atoms with Gasteiger partial charge in [-0.25, -0.2) is 0 Å². The number of benzene rings is 2. The molecule has 4 rings (SSSR count). The van der Waals surface area contributed by atoms with Gasteiger partial charge in [0.25, 0.3) is 0 Å². The minimum absolute atomic E-state index is 0.0371. The average molecular weight is 543 g/mol. The molecule has 1 saturated heterocycles. The minimum atomic E-state index is -0.205. The summed E-state index contributed by atoms with van der Waals surface area (Å²) in [6, 6.07) is 9.97. The molecule has 8 heteroatoms. The molecule has 208 valence electrons. The van der Waals surface area contributed by atoms with E-state index in [9.17, 15) is 9.90 Å². The predicted octanol–water partition coefficient (Wildman–Crippen LogP) is 5.79. The van der Waals surface area contributed by atoms with Gasteiger partial charge in [0.15, 0.2) is 5.75 Å². The number of hydrogen-bond acceptors (Lipinski definition) is 7. The molecule has 0 aliphatic carbocycles. The van der Waals surface area contributed by atoms with Gasteiger partial charge < -0.3 is 24.5 Å². The van der Waals surface area contributed by atoms with E-state index >= 15 is 0 Å². The molecule has 2 aliphatic heterocycles. The van der Waals surface area contributed by atoms with Crippen molar-refractivity contribution in [2.45, 2.75) is 70.8 Å². The van der Waals surface area contributed by atoms with Crippen molar-refractivity contribution >= 4 is 17.7 Å². The van der Waals surface area contributed by atoms with Crippen molar-refractivity contribution in [1.29, 1.82) is 0 Å². The second-order valence-electron chi connectivity index (χ2n) is 12.3. The van der Waals surface area contributed by atoms with Crippen LogP contribution in [0.1, 0.15) is 75.6 Å². The molecular weight excluding hydrogens is 500 g/mol. The van der Waals surface area contributed by atoms with Crippen LogP contribution in [0.15, 0.2) is 30.3 Å². The van der Waals surface area contributed by atoms with Crippen molar-refractivity contribution in [3.05, 3.63) is 52.6 Å². The number of nitrogens with zero attached hydrogens (tertiary/aromatic N) is 2. The summed E-state index contributed by atoms with van der Waals surface area (Å²) in [7, 11) is 2.08. The fraction of sp³-hybridized carbons (Fsp3) is 0.567. The van der Waals surface area contributed by atoms with Gasteiger partial charge in [-0.3, -0.25) is 4.79 Å². The van der Waals surface area contributed by atoms with Crippen LogP contribution in [0.4, 0.5) is 0 Å². The van der Waals surface area contributed by atoms with E-state index in [0.29, 0.717) is 31.3 Å². The Morgan fingerprint density at radius 3 is 2.42 bits per heavy atom. The molecule has 0 radical (unpaired) electrons. The van der Waals surface area contributed by atoms with Crippen LogP contribution in [0.3, 0.4) is 0 Å². The summed E-state index contributed by atoms with van der Waals surface area (Å²) in [5.41, 5.74) is 3.58. The van der Waals surface area contributed by atoms with Gasteiger partial charge in [0.05, 0.1) is 5.75 Å². The maximum absolute atomic E-state index is 12.9. The third-order valence-corrected chi connectivity index (χ3v) is 8.34. The number of phenolic OH excluding ortho intramolecular Hbond substituents is 1. The van der Waals surface area contributed by atoms with E-state index in [0.717, 1.165) is 53.3 Å². The molecule has 0 unspecified atom stereocenters. The topological polar surface area (TPSA) is 71.5 Å². The first kappa shape index (κ1) is 28.6. The van der Waals surface area contributed by atoms with Crippen molar-refractivity contribution < 1.29 is 24.4 Å². The van der Waals surface area contributed by atoms with E-state index in [1.807, 2.05) is 23.1 Å². The summed E-state index contributed by atoms with van der Waals surface area (Å²) < 4.78 is 5.89. The molecule has 2 aromatic rings. The molecule has 0 bridgehead atoms. The number of aromatic hydroxyl groups is 1. The van der Waals surface area contributed by atoms with Crippen LogP contribution in [0.25, 0.3) is 0 Å². The molecule has 1 amide bonds. The van der Waals surface area contributed by atoms with E-state index in [4.69, 9.17) is 14.5 Å². The molecule has 1 atom stereocenters. The molecule has 0 aromatic heterocycles. The van der Waals surface area contributed by atoms with E-state index in [1.54, 1.807) is 11.8 Å².